The standard InChI is InChI=1S/C13H21NO/c1-9(2)12(10(3)4)8-11-6-7-14(5)13(11)15/h8-9H,6-7H2,1-5H3/b11-8-. The van der Waals surface area contributed by atoms with Crippen LogP contribution in [-0.4, -0.2) is 24.4 Å². The van der Waals surface area contributed by atoms with Gasteiger partial charge in [-0.2, -0.15) is 0 Å². The molecule has 1 amide bonds. The molecule has 0 bridgehead atoms. The Bertz CT molecular complexity index is 319. The Morgan fingerprint density at radius 3 is 2.33 bits per heavy atom. The van der Waals surface area contributed by atoms with Gasteiger partial charge in [0.15, 0.2) is 0 Å². The largest absolute Gasteiger partial charge is 0.342 e. The van der Waals surface area contributed by atoms with Crippen molar-refractivity contribution in [1.82, 2.24) is 4.90 Å². The molecule has 2 nitrogen and oxygen atoms in total. The first kappa shape index (κ1) is 12.0. The smallest absolute Gasteiger partial charge is 0.249 e. The van der Waals surface area contributed by atoms with Gasteiger partial charge >= 0.3 is 0 Å². The van der Waals surface area contributed by atoms with Crippen molar-refractivity contribution in [2.75, 3.05) is 13.6 Å². The number of rotatable bonds is 2. The number of hydrogen-bond acceptors (Lipinski definition) is 1. The molecule has 0 aromatic heterocycles. The lowest BCUT2D eigenvalue weighted by molar-refractivity contribution is -0.123. The maximum atomic E-state index is 11.7. The summed E-state index contributed by atoms with van der Waals surface area (Å²) in [7, 11) is 1.86. The van der Waals surface area contributed by atoms with Crippen LogP contribution < -0.4 is 0 Å². The topological polar surface area (TPSA) is 20.3 Å². The number of amides is 1. The van der Waals surface area contributed by atoms with Crippen molar-refractivity contribution < 1.29 is 4.79 Å². The van der Waals surface area contributed by atoms with Crippen LogP contribution in [0.3, 0.4) is 0 Å². The van der Waals surface area contributed by atoms with Crippen molar-refractivity contribution in [3.05, 3.63) is 22.8 Å². The van der Waals surface area contributed by atoms with Gasteiger partial charge in [0.05, 0.1) is 0 Å². The Morgan fingerprint density at radius 2 is 2.00 bits per heavy atom. The molecule has 0 unspecified atom stereocenters. The summed E-state index contributed by atoms with van der Waals surface area (Å²) in [5.74, 6) is 0.676. The van der Waals surface area contributed by atoms with Crippen molar-refractivity contribution in [1.29, 1.82) is 0 Å². The predicted octanol–water partition coefficient (Wildman–Crippen LogP) is 2.77. The van der Waals surface area contributed by atoms with E-state index in [9.17, 15) is 4.79 Å². The number of likely N-dealkylation sites (tertiary alicyclic amines) is 1. The molecule has 0 radical (unpaired) electrons. The first-order valence-corrected chi connectivity index (χ1v) is 5.57. The summed E-state index contributed by atoms with van der Waals surface area (Å²) in [6.07, 6.45) is 2.98. The molecule has 1 fully saturated rings. The second-order valence-electron chi connectivity index (χ2n) is 4.76. The van der Waals surface area contributed by atoms with E-state index >= 15 is 0 Å². The lowest BCUT2D eigenvalue weighted by Gasteiger charge is -2.10. The quantitative estimate of drug-likeness (QED) is 0.638. The molecular weight excluding hydrogens is 186 g/mol. The molecule has 2 heteroatoms. The maximum Gasteiger partial charge on any atom is 0.249 e. The summed E-state index contributed by atoms with van der Waals surface area (Å²) in [6.45, 7) is 9.41. The zero-order valence-corrected chi connectivity index (χ0v) is 10.4. The number of nitrogens with zero attached hydrogens (tertiary/aromatic N) is 1. The van der Waals surface area contributed by atoms with Crippen LogP contribution in [0.2, 0.25) is 0 Å². The van der Waals surface area contributed by atoms with E-state index in [1.807, 2.05) is 7.05 Å². The Kier molecular flexibility index (Phi) is 3.72. The predicted molar refractivity (Wildman–Crippen MR) is 63.5 cm³/mol. The maximum absolute atomic E-state index is 11.7. The molecule has 1 aliphatic rings. The molecule has 0 saturated carbocycles. The molecule has 0 N–H and O–H groups in total. The van der Waals surface area contributed by atoms with Gasteiger partial charge in [-0.15, -0.1) is 0 Å². The van der Waals surface area contributed by atoms with E-state index < -0.39 is 0 Å². The zero-order valence-electron chi connectivity index (χ0n) is 10.4. The number of carbonyl (C=O) groups excluding carboxylic acids is 1. The average Bonchev–Trinajstić information content (AvgIpc) is 2.43. The monoisotopic (exact) mass is 207 g/mol. The summed E-state index contributed by atoms with van der Waals surface area (Å²) < 4.78 is 0. The zero-order chi connectivity index (χ0) is 11.6. The van der Waals surface area contributed by atoms with Gasteiger partial charge in [0.2, 0.25) is 5.91 Å². The van der Waals surface area contributed by atoms with Crippen molar-refractivity contribution in [2.24, 2.45) is 5.92 Å². The molecule has 1 rings (SSSR count). The summed E-state index contributed by atoms with van der Waals surface area (Å²) in [6, 6.07) is 0. The highest BCUT2D eigenvalue weighted by molar-refractivity contribution is 5.95. The van der Waals surface area contributed by atoms with Gasteiger partial charge in [-0.25, -0.2) is 0 Å². The average molecular weight is 207 g/mol. The molecule has 1 aliphatic heterocycles. The molecule has 0 aromatic carbocycles. The van der Waals surface area contributed by atoms with E-state index in [4.69, 9.17) is 0 Å². The van der Waals surface area contributed by atoms with Gasteiger partial charge in [-0.05, 0) is 31.8 Å². The Morgan fingerprint density at radius 1 is 1.40 bits per heavy atom. The van der Waals surface area contributed by atoms with Crippen LogP contribution in [0.15, 0.2) is 22.8 Å². The summed E-state index contributed by atoms with van der Waals surface area (Å²) in [5.41, 5.74) is 3.57. The highest BCUT2D eigenvalue weighted by Crippen LogP contribution is 2.22. The third-order valence-corrected chi connectivity index (χ3v) is 2.87. The van der Waals surface area contributed by atoms with Gasteiger partial charge < -0.3 is 4.90 Å². The second kappa shape index (κ2) is 4.65. The molecule has 0 aliphatic carbocycles. The molecular formula is C13H21NO. The van der Waals surface area contributed by atoms with E-state index in [0.29, 0.717) is 5.92 Å². The van der Waals surface area contributed by atoms with E-state index in [1.54, 1.807) is 4.90 Å². The second-order valence-corrected chi connectivity index (χ2v) is 4.76. The van der Waals surface area contributed by atoms with Crippen LogP contribution in [-0.2, 0) is 4.79 Å². The normalized spacial score (nSPS) is 19.2. The fourth-order valence-electron chi connectivity index (χ4n) is 1.95. The third-order valence-electron chi connectivity index (χ3n) is 2.87. The summed E-state index contributed by atoms with van der Waals surface area (Å²) in [5, 5.41) is 0. The van der Waals surface area contributed by atoms with Crippen LogP contribution in [0.5, 0.6) is 0 Å². The van der Waals surface area contributed by atoms with Crippen molar-refractivity contribution in [2.45, 2.75) is 34.1 Å². The van der Waals surface area contributed by atoms with E-state index in [2.05, 4.69) is 33.8 Å². The Balaban J connectivity index is 2.96. The summed E-state index contributed by atoms with van der Waals surface area (Å²) in [4.78, 5) is 13.5. The van der Waals surface area contributed by atoms with E-state index in [0.717, 1.165) is 18.5 Å². The minimum atomic E-state index is 0.189. The number of hydrogen-bond donors (Lipinski definition) is 0. The van der Waals surface area contributed by atoms with Crippen molar-refractivity contribution >= 4 is 5.91 Å². The minimum absolute atomic E-state index is 0.189. The van der Waals surface area contributed by atoms with E-state index in [1.165, 1.54) is 11.1 Å². The highest BCUT2D eigenvalue weighted by atomic mass is 16.2. The minimum Gasteiger partial charge on any atom is -0.342 e. The SMILES string of the molecule is CC(C)=C(/C=C1/CCN(C)C1=O)C(C)C. The van der Waals surface area contributed by atoms with Crippen LogP contribution in [0, 0.1) is 5.92 Å². The third kappa shape index (κ3) is 2.71. The number of carbonyl (C=O) groups is 1. The van der Waals surface area contributed by atoms with Gasteiger partial charge in [0, 0.05) is 19.2 Å². The first-order chi connectivity index (χ1) is 6.93. The van der Waals surface area contributed by atoms with Gasteiger partial charge in [-0.1, -0.05) is 25.5 Å². The van der Waals surface area contributed by atoms with Crippen molar-refractivity contribution in [3.8, 4) is 0 Å². The fourth-order valence-corrected chi connectivity index (χ4v) is 1.95. The van der Waals surface area contributed by atoms with Crippen LogP contribution in [0.25, 0.3) is 0 Å². The van der Waals surface area contributed by atoms with Crippen LogP contribution in [0.4, 0.5) is 0 Å². The number of likely N-dealkylation sites (N-methyl/N-ethyl adjacent to an activating group) is 1. The molecule has 0 spiro atoms. The first-order valence-electron chi connectivity index (χ1n) is 5.57. The lowest BCUT2D eigenvalue weighted by Crippen LogP contribution is -2.19. The molecule has 0 aromatic rings. The van der Waals surface area contributed by atoms with Gasteiger partial charge in [0.25, 0.3) is 0 Å². The molecule has 84 valence electrons. The summed E-state index contributed by atoms with van der Waals surface area (Å²) >= 11 is 0. The van der Waals surface area contributed by atoms with Gasteiger partial charge in [0.1, 0.15) is 0 Å². The lowest BCUT2D eigenvalue weighted by atomic mass is 9.96. The van der Waals surface area contributed by atoms with E-state index in [-0.39, 0.29) is 5.91 Å². The highest BCUT2D eigenvalue weighted by Gasteiger charge is 2.22. The molecule has 1 saturated heterocycles. The molecule has 15 heavy (non-hydrogen) atoms. The van der Waals surface area contributed by atoms with Gasteiger partial charge in [-0.3, -0.25) is 4.79 Å². The Labute approximate surface area is 92.7 Å². The molecule has 0 atom stereocenters. The fraction of sp³-hybridized carbons (Fsp3) is 0.615. The van der Waals surface area contributed by atoms with Crippen molar-refractivity contribution in [3.63, 3.8) is 0 Å². The molecule has 1 heterocycles. The number of allylic oxidation sites excluding steroid dienone is 3. The van der Waals surface area contributed by atoms with Crippen LogP contribution in [0.1, 0.15) is 34.1 Å². The van der Waals surface area contributed by atoms with Crippen LogP contribution >= 0.6 is 0 Å². The Hall–Kier alpha value is -1.05.